The maximum absolute atomic E-state index is 15.2. The van der Waals surface area contributed by atoms with Gasteiger partial charge in [-0.15, -0.1) is 0 Å². The number of carbonyl (C=O) groups excluding carboxylic acids is 2. The van der Waals surface area contributed by atoms with Gasteiger partial charge in [-0.05, 0) is 61.6 Å². The minimum Gasteiger partial charge on any atom is -0.378 e. The maximum Gasteiger partial charge on any atom is 0.255 e. The van der Waals surface area contributed by atoms with Crippen molar-refractivity contribution in [2.75, 3.05) is 79.5 Å². The largest absolute Gasteiger partial charge is 0.378 e. The van der Waals surface area contributed by atoms with E-state index in [9.17, 15) is 14.0 Å². The lowest BCUT2D eigenvalue weighted by molar-refractivity contribution is -0.108. The van der Waals surface area contributed by atoms with Crippen LogP contribution >= 0.6 is 0 Å². The van der Waals surface area contributed by atoms with E-state index in [1.54, 1.807) is 6.07 Å². The Labute approximate surface area is 243 Å². The van der Waals surface area contributed by atoms with Gasteiger partial charge in [-0.1, -0.05) is 0 Å². The molecular weight excluding hydrogens is 542 g/mol. The predicted octanol–water partition coefficient (Wildman–Crippen LogP) is 4.23. The van der Waals surface area contributed by atoms with Gasteiger partial charge in [-0.25, -0.2) is 13.8 Å². The summed E-state index contributed by atoms with van der Waals surface area (Å²) in [6, 6.07) is 13.3. The van der Waals surface area contributed by atoms with E-state index in [0.717, 1.165) is 44.2 Å². The Morgan fingerprint density at radius 3 is 2.45 bits per heavy atom. The molecule has 42 heavy (non-hydrogen) atoms. The lowest BCUT2D eigenvalue weighted by Gasteiger charge is -2.35. The Balaban J connectivity index is 1.24. The number of nitrogens with zero attached hydrogens (tertiary/aromatic N) is 5. The quantitative estimate of drug-likeness (QED) is 0.442. The predicted molar refractivity (Wildman–Crippen MR) is 159 cm³/mol. The highest BCUT2D eigenvalue weighted by atomic mass is 19.1. The summed E-state index contributed by atoms with van der Waals surface area (Å²) in [7, 11) is 2.09. The number of fused-ring (bicyclic) bond motifs is 1. The molecule has 3 aromatic carbocycles. The molecule has 0 saturated carbocycles. The van der Waals surface area contributed by atoms with Gasteiger partial charge in [-0.2, -0.15) is 0 Å². The number of carbonyl (C=O) groups is 2. The highest BCUT2D eigenvalue weighted by Crippen LogP contribution is 2.39. The van der Waals surface area contributed by atoms with Crippen LogP contribution in [0.1, 0.15) is 22.0 Å². The average Bonchev–Trinajstić information content (AvgIpc) is 3.01. The van der Waals surface area contributed by atoms with Crippen LogP contribution in [0.25, 0.3) is 0 Å². The lowest BCUT2D eigenvalue weighted by atomic mass is 10.0. The van der Waals surface area contributed by atoms with Gasteiger partial charge in [0, 0.05) is 67.5 Å². The number of likely N-dealkylation sites (N-methyl/N-ethyl adjacent to an activating group) is 1. The first kappa shape index (κ1) is 27.8. The summed E-state index contributed by atoms with van der Waals surface area (Å²) in [4.78, 5) is 38.0. The van der Waals surface area contributed by atoms with Crippen LogP contribution in [0.4, 0.5) is 37.2 Å². The van der Waals surface area contributed by atoms with Crippen molar-refractivity contribution in [3.8, 4) is 0 Å². The second-order valence-corrected chi connectivity index (χ2v) is 10.7. The summed E-state index contributed by atoms with van der Waals surface area (Å²) in [6.45, 7) is 5.85. The molecule has 1 amide bonds. The van der Waals surface area contributed by atoms with Crippen LogP contribution < -0.4 is 20.0 Å². The van der Waals surface area contributed by atoms with Crippen LogP contribution in [0.2, 0.25) is 0 Å². The Morgan fingerprint density at radius 1 is 0.929 bits per heavy atom. The fraction of sp³-hybridized carbons (Fsp3) is 0.323. The van der Waals surface area contributed by atoms with Gasteiger partial charge in [-0.3, -0.25) is 4.79 Å². The molecule has 0 bridgehead atoms. The van der Waals surface area contributed by atoms with Crippen molar-refractivity contribution in [3.63, 3.8) is 0 Å². The molecule has 218 valence electrons. The van der Waals surface area contributed by atoms with E-state index in [1.165, 1.54) is 35.5 Å². The van der Waals surface area contributed by atoms with Gasteiger partial charge in [0.05, 0.1) is 30.9 Å². The van der Waals surface area contributed by atoms with Crippen LogP contribution in [0.5, 0.6) is 0 Å². The molecule has 11 heteroatoms. The van der Waals surface area contributed by atoms with Crippen molar-refractivity contribution >= 4 is 47.0 Å². The maximum atomic E-state index is 15.2. The Kier molecular flexibility index (Phi) is 7.86. The number of anilines is 4. The zero-order valence-electron chi connectivity index (χ0n) is 23.3. The molecule has 1 N–H and O–H groups in total. The highest BCUT2D eigenvalue weighted by Gasteiger charge is 2.29. The first-order valence-electron chi connectivity index (χ1n) is 14.0. The van der Waals surface area contributed by atoms with E-state index < -0.39 is 23.6 Å². The van der Waals surface area contributed by atoms with Gasteiger partial charge < -0.3 is 34.4 Å². The molecule has 0 aliphatic carbocycles. The fourth-order valence-electron chi connectivity index (χ4n) is 5.56. The topological polar surface area (TPSA) is 80.7 Å². The third kappa shape index (κ3) is 5.70. The van der Waals surface area contributed by atoms with Crippen molar-refractivity contribution in [2.24, 2.45) is 4.99 Å². The zero-order valence-corrected chi connectivity index (χ0v) is 23.3. The number of amides is 1. The summed E-state index contributed by atoms with van der Waals surface area (Å²) in [5.41, 5.74) is 3.41. The third-order valence-electron chi connectivity index (χ3n) is 7.95. The monoisotopic (exact) mass is 574 g/mol. The molecule has 9 nitrogen and oxygen atoms in total. The molecule has 3 aliphatic rings. The summed E-state index contributed by atoms with van der Waals surface area (Å²) >= 11 is 0. The molecular formula is C31H32F2N6O3. The van der Waals surface area contributed by atoms with Crippen LogP contribution in [0, 0.1) is 11.6 Å². The van der Waals surface area contributed by atoms with E-state index in [4.69, 9.17) is 4.74 Å². The smallest absolute Gasteiger partial charge is 0.255 e. The third-order valence-corrected chi connectivity index (χ3v) is 7.95. The number of aliphatic imine (C=N–C) groups is 1. The number of benzene rings is 3. The SMILES string of the molecule is CN1CCN(c2ccc3c(c2)C(C=O)N(c2cc(NC(=O)c4cc(F)cc(N5CCOCC5)c4)ccc2F)C=N3)CC1. The standard InChI is InChI=1S/C31H32F2N6O3/c1-36-6-8-37(9-7-36)24-3-5-28-26(18-24)30(19-40)39(20-34-28)29-17-23(2-4-27(29)33)35-31(41)21-14-22(32)16-25(15-21)38-10-12-42-13-11-38/h2-5,14-20,30H,6-13H2,1H3,(H,35,41). The minimum atomic E-state index is -0.815. The van der Waals surface area contributed by atoms with Crippen LogP contribution in [-0.2, 0) is 9.53 Å². The van der Waals surface area contributed by atoms with Crippen molar-refractivity contribution in [3.05, 3.63) is 77.4 Å². The van der Waals surface area contributed by atoms with E-state index in [1.807, 2.05) is 23.1 Å². The molecule has 2 fully saturated rings. The van der Waals surface area contributed by atoms with Crippen LogP contribution in [0.3, 0.4) is 0 Å². The first-order valence-corrected chi connectivity index (χ1v) is 14.0. The van der Waals surface area contributed by atoms with Crippen LogP contribution in [0.15, 0.2) is 59.6 Å². The average molecular weight is 575 g/mol. The summed E-state index contributed by atoms with van der Waals surface area (Å²) < 4.78 is 35.0. The fourth-order valence-corrected chi connectivity index (χ4v) is 5.56. The molecule has 1 unspecified atom stereocenters. The van der Waals surface area contributed by atoms with E-state index in [2.05, 4.69) is 27.2 Å². The van der Waals surface area contributed by atoms with Gasteiger partial charge >= 0.3 is 0 Å². The number of ether oxygens (including phenoxy) is 1. The molecule has 3 heterocycles. The number of piperazine rings is 1. The number of aldehydes is 1. The number of halogens is 2. The van der Waals surface area contributed by atoms with E-state index in [0.29, 0.717) is 48.9 Å². The molecule has 1 atom stereocenters. The minimum absolute atomic E-state index is 0.0811. The molecule has 0 radical (unpaired) electrons. The number of hydrogen-bond acceptors (Lipinski definition) is 8. The Bertz CT molecular complexity index is 1520. The summed E-state index contributed by atoms with van der Waals surface area (Å²) in [6.07, 6.45) is 2.20. The summed E-state index contributed by atoms with van der Waals surface area (Å²) in [5.74, 6) is -1.65. The zero-order chi connectivity index (χ0) is 29.2. The Hall–Kier alpha value is -4.35. The molecule has 3 aromatic rings. The lowest BCUT2D eigenvalue weighted by Crippen LogP contribution is -2.44. The highest BCUT2D eigenvalue weighted by molar-refractivity contribution is 6.05. The number of nitrogens with one attached hydrogen (secondary N) is 1. The second-order valence-electron chi connectivity index (χ2n) is 10.7. The van der Waals surface area contributed by atoms with Gasteiger partial charge in [0.2, 0.25) is 0 Å². The molecule has 3 aliphatic heterocycles. The van der Waals surface area contributed by atoms with E-state index >= 15 is 4.39 Å². The second kappa shape index (κ2) is 11.9. The number of morpholine rings is 1. The van der Waals surface area contributed by atoms with Crippen molar-refractivity contribution in [2.45, 2.75) is 6.04 Å². The van der Waals surface area contributed by atoms with Crippen molar-refractivity contribution in [1.29, 1.82) is 0 Å². The van der Waals surface area contributed by atoms with Crippen molar-refractivity contribution in [1.82, 2.24) is 4.90 Å². The number of hydrogen-bond donors (Lipinski definition) is 1. The molecule has 2 saturated heterocycles. The van der Waals surface area contributed by atoms with Crippen molar-refractivity contribution < 1.29 is 23.1 Å². The summed E-state index contributed by atoms with van der Waals surface area (Å²) in [5, 5.41) is 2.74. The molecule has 6 rings (SSSR count). The first-order chi connectivity index (χ1) is 20.4. The van der Waals surface area contributed by atoms with Gasteiger partial charge in [0.25, 0.3) is 5.91 Å². The molecule has 0 aromatic heterocycles. The van der Waals surface area contributed by atoms with Crippen LogP contribution in [-0.4, -0.2) is 83.0 Å². The Morgan fingerprint density at radius 2 is 1.69 bits per heavy atom. The normalized spacial score (nSPS) is 19.0. The molecule has 0 spiro atoms. The number of rotatable bonds is 6. The van der Waals surface area contributed by atoms with Gasteiger partial charge in [0.1, 0.15) is 24.0 Å². The van der Waals surface area contributed by atoms with Gasteiger partial charge in [0.15, 0.2) is 0 Å². The van der Waals surface area contributed by atoms with E-state index in [-0.39, 0.29) is 11.3 Å².